The van der Waals surface area contributed by atoms with E-state index in [1.807, 2.05) is 41.3 Å². The third-order valence-electron chi connectivity index (χ3n) is 13.4. The van der Waals surface area contributed by atoms with Crippen molar-refractivity contribution in [3.63, 3.8) is 0 Å². The van der Waals surface area contributed by atoms with Gasteiger partial charge in [0.25, 0.3) is 5.91 Å². The molecule has 2 atom stereocenters. The van der Waals surface area contributed by atoms with Crippen LogP contribution in [-0.4, -0.2) is 92.0 Å². The Morgan fingerprint density at radius 3 is 2.34 bits per heavy atom. The van der Waals surface area contributed by atoms with E-state index in [9.17, 15) is 19.6 Å². The number of likely N-dealkylation sites (tertiary alicyclic amines) is 2. The number of rotatable bonds is 8. The molecule has 0 bridgehead atoms. The van der Waals surface area contributed by atoms with Crippen molar-refractivity contribution in [2.75, 3.05) is 67.5 Å². The SMILES string of the molecule is C[C@H]1CC2(CCN(c3ccc(C(=O)N4CCC(CN5CCC(c6cccc(N[C@@H]7CCC(=O)NC7=O)c6)CC5)CC4)cc3)CC2)CN1c1ccc(C#N)c(Cl)c1. The van der Waals surface area contributed by atoms with E-state index in [2.05, 4.69) is 68.7 Å². The maximum atomic E-state index is 13.6. The number of hydrogen-bond donors (Lipinski definition) is 2. The molecular formula is C45H54ClN7O3. The van der Waals surface area contributed by atoms with E-state index in [4.69, 9.17) is 11.6 Å². The number of piperidine rings is 4. The molecule has 5 saturated heterocycles. The van der Waals surface area contributed by atoms with Gasteiger partial charge in [-0.05, 0) is 149 Å². The van der Waals surface area contributed by atoms with Crippen LogP contribution >= 0.6 is 11.6 Å². The standard InChI is InChI=1S/C45H54ClN7O3/c1-31-27-45(30-53(31)39-10-7-36(28-47)40(46)26-39)17-23-51(24-18-45)38-8-5-34(6-9-38)44(56)52-21-13-32(14-22-52)29-50-19-15-33(16-20-50)35-3-2-4-37(25-35)48-41-11-12-42(54)49-43(41)55/h2-10,25-26,31-33,41,48H,11-24,27,29-30H2,1H3,(H,49,54,55)/t31-,41+/m0/s1. The third kappa shape index (κ3) is 8.40. The Morgan fingerprint density at radius 2 is 1.64 bits per heavy atom. The van der Waals surface area contributed by atoms with Gasteiger partial charge in [0.1, 0.15) is 12.1 Å². The molecular weight excluding hydrogens is 722 g/mol. The van der Waals surface area contributed by atoms with Gasteiger partial charge in [-0.15, -0.1) is 0 Å². The highest BCUT2D eigenvalue weighted by molar-refractivity contribution is 6.32. The van der Waals surface area contributed by atoms with Gasteiger partial charge in [0.15, 0.2) is 0 Å². The largest absolute Gasteiger partial charge is 0.374 e. The lowest BCUT2D eigenvalue weighted by atomic mass is 9.76. The van der Waals surface area contributed by atoms with Crippen molar-refractivity contribution in [2.24, 2.45) is 11.3 Å². The van der Waals surface area contributed by atoms with Crippen LogP contribution in [0.15, 0.2) is 66.7 Å². The van der Waals surface area contributed by atoms with Crippen molar-refractivity contribution in [3.8, 4) is 6.07 Å². The Labute approximate surface area is 336 Å². The van der Waals surface area contributed by atoms with Crippen LogP contribution in [-0.2, 0) is 9.59 Å². The van der Waals surface area contributed by atoms with Crippen molar-refractivity contribution in [2.45, 2.75) is 82.7 Å². The van der Waals surface area contributed by atoms with Crippen LogP contribution in [0.2, 0.25) is 5.02 Å². The zero-order chi connectivity index (χ0) is 38.8. The number of anilines is 3. The molecule has 10 nitrogen and oxygen atoms in total. The van der Waals surface area contributed by atoms with E-state index in [1.165, 1.54) is 11.3 Å². The molecule has 0 aliphatic carbocycles. The molecule has 5 heterocycles. The molecule has 294 valence electrons. The molecule has 5 aliphatic rings. The molecule has 1 spiro atoms. The number of carbonyl (C=O) groups is 3. The van der Waals surface area contributed by atoms with Gasteiger partial charge in [0.2, 0.25) is 11.8 Å². The molecule has 3 aromatic carbocycles. The number of hydrogen-bond acceptors (Lipinski definition) is 8. The molecule has 3 aromatic rings. The second kappa shape index (κ2) is 16.5. The van der Waals surface area contributed by atoms with E-state index < -0.39 is 0 Å². The summed E-state index contributed by atoms with van der Waals surface area (Å²) < 4.78 is 0. The topological polar surface area (TPSA) is 112 Å². The highest BCUT2D eigenvalue weighted by atomic mass is 35.5. The van der Waals surface area contributed by atoms with Crippen LogP contribution in [0.3, 0.4) is 0 Å². The Hall–Kier alpha value is -4.59. The lowest BCUT2D eigenvalue weighted by Gasteiger charge is -2.40. The van der Waals surface area contributed by atoms with Gasteiger partial charge in [-0.2, -0.15) is 5.26 Å². The van der Waals surface area contributed by atoms with Gasteiger partial charge in [-0.25, -0.2) is 0 Å². The lowest BCUT2D eigenvalue weighted by molar-refractivity contribution is -0.133. The van der Waals surface area contributed by atoms with Gasteiger partial charge in [-0.3, -0.25) is 19.7 Å². The van der Waals surface area contributed by atoms with Gasteiger partial charge in [0.05, 0.1) is 10.6 Å². The smallest absolute Gasteiger partial charge is 0.253 e. The predicted molar refractivity (Wildman–Crippen MR) is 221 cm³/mol. The summed E-state index contributed by atoms with van der Waals surface area (Å²) in [5.74, 6) is 0.811. The second-order valence-electron chi connectivity index (χ2n) is 17.1. The summed E-state index contributed by atoms with van der Waals surface area (Å²) in [5.41, 5.74) is 6.12. The Morgan fingerprint density at radius 1 is 0.911 bits per heavy atom. The lowest BCUT2D eigenvalue weighted by Crippen LogP contribution is -2.47. The van der Waals surface area contributed by atoms with E-state index >= 15 is 0 Å². The average molecular weight is 776 g/mol. The summed E-state index contributed by atoms with van der Waals surface area (Å²) >= 11 is 6.38. The van der Waals surface area contributed by atoms with Crippen molar-refractivity contribution in [1.29, 1.82) is 5.26 Å². The fraction of sp³-hybridized carbons (Fsp3) is 0.511. The fourth-order valence-electron chi connectivity index (χ4n) is 10.1. The van der Waals surface area contributed by atoms with Crippen LogP contribution in [0.4, 0.5) is 17.1 Å². The summed E-state index contributed by atoms with van der Waals surface area (Å²) in [6, 6.07) is 24.8. The van der Waals surface area contributed by atoms with Crippen LogP contribution in [0.1, 0.15) is 92.1 Å². The van der Waals surface area contributed by atoms with Gasteiger partial charge >= 0.3 is 0 Å². The molecule has 0 radical (unpaired) electrons. The maximum Gasteiger partial charge on any atom is 0.253 e. The third-order valence-corrected chi connectivity index (χ3v) is 13.7. The van der Waals surface area contributed by atoms with Crippen molar-refractivity contribution in [3.05, 3.63) is 88.4 Å². The summed E-state index contributed by atoms with van der Waals surface area (Å²) in [6.07, 6.45) is 8.62. The van der Waals surface area contributed by atoms with Gasteiger partial charge in [0, 0.05) is 74.4 Å². The highest BCUT2D eigenvalue weighted by Gasteiger charge is 2.44. The quantitative estimate of drug-likeness (QED) is 0.235. The van der Waals surface area contributed by atoms with Crippen molar-refractivity contribution < 1.29 is 14.4 Å². The second-order valence-corrected chi connectivity index (χ2v) is 17.5. The number of amides is 3. The molecule has 8 rings (SSSR count). The van der Waals surface area contributed by atoms with Crippen LogP contribution in [0.25, 0.3) is 0 Å². The average Bonchev–Trinajstić information content (AvgIpc) is 3.54. The number of imide groups is 1. The Bertz CT molecular complexity index is 1960. The van der Waals surface area contributed by atoms with Gasteiger partial charge in [-0.1, -0.05) is 23.7 Å². The molecule has 0 saturated carbocycles. The first kappa shape index (κ1) is 38.3. The molecule has 11 heteroatoms. The maximum absolute atomic E-state index is 13.6. The fourth-order valence-corrected chi connectivity index (χ4v) is 10.3. The van der Waals surface area contributed by atoms with E-state index in [0.29, 0.717) is 41.3 Å². The first-order chi connectivity index (χ1) is 27.1. The first-order valence-corrected chi connectivity index (χ1v) is 21.1. The zero-order valence-electron chi connectivity index (χ0n) is 32.5. The minimum Gasteiger partial charge on any atom is -0.374 e. The molecule has 0 aromatic heterocycles. The molecule has 56 heavy (non-hydrogen) atoms. The Kier molecular flexibility index (Phi) is 11.3. The minimum atomic E-state index is -0.371. The van der Waals surface area contributed by atoms with Gasteiger partial charge < -0.3 is 24.9 Å². The minimum absolute atomic E-state index is 0.144. The van der Waals surface area contributed by atoms with Crippen molar-refractivity contribution >= 4 is 46.4 Å². The number of nitriles is 1. The highest BCUT2D eigenvalue weighted by Crippen LogP contribution is 2.46. The zero-order valence-corrected chi connectivity index (χ0v) is 33.3. The molecule has 5 fully saturated rings. The summed E-state index contributed by atoms with van der Waals surface area (Å²) in [6.45, 7) is 10.2. The monoisotopic (exact) mass is 775 g/mol. The predicted octanol–water partition coefficient (Wildman–Crippen LogP) is 7.05. The molecule has 2 N–H and O–H groups in total. The Balaban J connectivity index is 0.762. The number of benzene rings is 3. The van der Waals surface area contributed by atoms with E-state index in [-0.39, 0.29) is 29.2 Å². The number of nitrogens with one attached hydrogen (secondary N) is 2. The summed E-state index contributed by atoms with van der Waals surface area (Å²) in [7, 11) is 0. The van der Waals surface area contributed by atoms with Crippen LogP contribution in [0.5, 0.6) is 0 Å². The number of nitrogens with zero attached hydrogens (tertiary/aromatic N) is 5. The first-order valence-electron chi connectivity index (χ1n) is 20.7. The summed E-state index contributed by atoms with van der Waals surface area (Å²) in [4.78, 5) is 46.9. The van der Waals surface area contributed by atoms with E-state index in [0.717, 1.165) is 114 Å². The molecule has 3 amide bonds. The van der Waals surface area contributed by atoms with Crippen LogP contribution < -0.4 is 20.4 Å². The van der Waals surface area contributed by atoms with Crippen molar-refractivity contribution in [1.82, 2.24) is 15.1 Å². The normalized spacial score (nSPS) is 23.6. The van der Waals surface area contributed by atoms with Crippen LogP contribution in [0, 0.1) is 22.7 Å². The number of halogens is 1. The summed E-state index contributed by atoms with van der Waals surface area (Å²) in [5, 5.41) is 15.6. The molecule has 0 unspecified atom stereocenters. The number of carbonyl (C=O) groups excluding carboxylic acids is 3. The molecule has 5 aliphatic heterocycles. The van der Waals surface area contributed by atoms with E-state index in [1.54, 1.807) is 0 Å².